The van der Waals surface area contributed by atoms with Crippen LogP contribution in [0.15, 0.2) is 0 Å². The van der Waals surface area contributed by atoms with Crippen LogP contribution in [-0.2, 0) is 19.1 Å². The molecule has 0 radical (unpaired) electrons. The summed E-state index contributed by atoms with van der Waals surface area (Å²) in [5, 5.41) is 0. The Morgan fingerprint density at radius 3 is 2.44 bits per heavy atom. The lowest BCUT2D eigenvalue weighted by atomic mass is 10.4. The third-order valence-corrected chi connectivity index (χ3v) is 0.997. The van der Waals surface area contributed by atoms with E-state index in [4.69, 9.17) is 4.74 Å². The number of hydrogen-bond acceptors (Lipinski definition) is 4. The largest absolute Gasteiger partial charge is 0.343 e. The van der Waals surface area contributed by atoms with Gasteiger partial charge in [-0.25, -0.2) is 0 Å². The summed E-state index contributed by atoms with van der Waals surface area (Å²) in [5.41, 5.74) is 0. The van der Waals surface area contributed by atoms with Gasteiger partial charge in [0.15, 0.2) is 12.6 Å². The quantitative estimate of drug-likeness (QED) is 0.456. The van der Waals surface area contributed by atoms with E-state index >= 15 is 0 Å². The first kappa shape index (κ1) is 6.38. The van der Waals surface area contributed by atoms with E-state index in [2.05, 4.69) is 4.74 Å². The highest BCUT2D eigenvalue weighted by Gasteiger charge is 2.24. The van der Waals surface area contributed by atoms with E-state index in [-0.39, 0.29) is 6.61 Å². The highest BCUT2D eigenvalue weighted by Crippen LogP contribution is 2.06. The second-order valence-electron chi connectivity index (χ2n) is 1.65. The van der Waals surface area contributed by atoms with E-state index in [1.165, 1.54) is 0 Å². The van der Waals surface area contributed by atoms with E-state index in [9.17, 15) is 9.59 Å². The SMILES string of the molecule is O=CC1COC(C=O)O1. The third-order valence-electron chi connectivity index (χ3n) is 0.997. The fourth-order valence-electron chi connectivity index (χ4n) is 0.583. The van der Waals surface area contributed by atoms with Gasteiger partial charge in [0.1, 0.15) is 6.10 Å². The molecule has 0 aromatic carbocycles. The zero-order valence-electron chi connectivity index (χ0n) is 4.65. The molecule has 0 spiro atoms. The molecule has 1 aliphatic rings. The molecule has 1 rings (SSSR count). The lowest BCUT2D eigenvalue weighted by Gasteiger charge is -1.96. The van der Waals surface area contributed by atoms with Crippen molar-refractivity contribution >= 4 is 12.6 Å². The summed E-state index contributed by atoms with van der Waals surface area (Å²) < 4.78 is 9.39. The zero-order chi connectivity index (χ0) is 6.69. The average Bonchev–Trinajstić information content (AvgIpc) is 2.34. The first-order chi connectivity index (χ1) is 4.36. The molecule has 2 atom stereocenters. The highest BCUT2D eigenvalue weighted by molar-refractivity contribution is 5.60. The molecule has 9 heavy (non-hydrogen) atoms. The Bertz CT molecular complexity index is 108. The summed E-state index contributed by atoms with van der Waals surface area (Å²) in [6.07, 6.45) is -0.257. The Morgan fingerprint density at radius 1 is 1.33 bits per heavy atom. The van der Waals surface area contributed by atoms with E-state index in [1.807, 2.05) is 0 Å². The normalized spacial score (nSPS) is 34.2. The number of ether oxygens (including phenoxy) is 2. The Hall–Kier alpha value is -0.740. The van der Waals surface area contributed by atoms with Gasteiger partial charge in [0.05, 0.1) is 6.61 Å². The fourth-order valence-corrected chi connectivity index (χ4v) is 0.583. The lowest BCUT2D eigenvalue weighted by molar-refractivity contribution is -0.135. The maximum atomic E-state index is 9.95. The van der Waals surface area contributed by atoms with Crippen molar-refractivity contribution in [3.63, 3.8) is 0 Å². The van der Waals surface area contributed by atoms with Crippen LogP contribution >= 0.6 is 0 Å². The highest BCUT2D eigenvalue weighted by atomic mass is 16.7. The van der Waals surface area contributed by atoms with Gasteiger partial charge in [-0.15, -0.1) is 0 Å². The Labute approximate surface area is 51.7 Å². The number of rotatable bonds is 2. The molecule has 4 nitrogen and oxygen atoms in total. The lowest BCUT2D eigenvalue weighted by Crippen LogP contribution is -2.13. The van der Waals surface area contributed by atoms with Crippen LogP contribution in [0, 0.1) is 0 Å². The van der Waals surface area contributed by atoms with Crippen molar-refractivity contribution in [1.82, 2.24) is 0 Å². The molecule has 2 unspecified atom stereocenters. The zero-order valence-corrected chi connectivity index (χ0v) is 4.65. The van der Waals surface area contributed by atoms with Crippen molar-refractivity contribution in [3.05, 3.63) is 0 Å². The van der Waals surface area contributed by atoms with Gasteiger partial charge in [-0.1, -0.05) is 0 Å². The summed E-state index contributed by atoms with van der Waals surface area (Å²) in [6, 6.07) is 0. The van der Waals surface area contributed by atoms with E-state index in [0.29, 0.717) is 12.6 Å². The molecule has 0 saturated carbocycles. The minimum atomic E-state index is -0.833. The molecule has 1 aliphatic heterocycles. The summed E-state index contributed by atoms with van der Waals surface area (Å²) in [5.74, 6) is 0. The monoisotopic (exact) mass is 130 g/mol. The number of hydrogen-bond donors (Lipinski definition) is 0. The molecule has 0 aliphatic carbocycles. The first-order valence-electron chi connectivity index (χ1n) is 2.54. The summed E-state index contributed by atoms with van der Waals surface area (Å²) in [6.45, 7) is 0.187. The molecule has 0 bridgehead atoms. The standard InChI is InChI=1S/C5H6O4/c6-1-4-3-8-5(2-7)9-4/h1-2,4-5H,3H2. The van der Waals surface area contributed by atoms with Gasteiger partial charge >= 0.3 is 0 Å². The van der Waals surface area contributed by atoms with Crippen LogP contribution in [-0.4, -0.2) is 31.6 Å². The predicted molar refractivity (Wildman–Crippen MR) is 26.7 cm³/mol. The molecule has 1 fully saturated rings. The number of carbonyl (C=O) groups excluding carboxylic acids is 2. The van der Waals surface area contributed by atoms with E-state index in [0.717, 1.165) is 0 Å². The van der Waals surface area contributed by atoms with Crippen molar-refractivity contribution in [2.45, 2.75) is 12.4 Å². The van der Waals surface area contributed by atoms with Crippen molar-refractivity contribution in [2.75, 3.05) is 6.61 Å². The van der Waals surface area contributed by atoms with Crippen molar-refractivity contribution < 1.29 is 19.1 Å². The molecule has 0 aromatic heterocycles. The maximum absolute atomic E-state index is 9.95. The average molecular weight is 130 g/mol. The van der Waals surface area contributed by atoms with Crippen LogP contribution in [0.5, 0.6) is 0 Å². The van der Waals surface area contributed by atoms with Crippen molar-refractivity contribution in [3.8, 4) is 0 Å². The number of aldehydes is 2. The van der Waals surface area contributed by atoms with Gasteiger partial charge in [0, 0.05) is 0 Å². The van der Waals surface area contributed by atoms with Crippen LogP contribution in [0.4, 0.5) is 0 Å². The van der Waals surface area contributed by atoms with Gasteiger partial charge in [-0.2, -0.15) is 0 Å². The van der Waals surface area contributed by atoms with Gasteiger partial charge in [-0.3, -0.25) is 4.79 Å². The fraction of sp³-hybridized carbons (Fsp3) is 0.600. The van der Waals surface area contributed by atoms with Gasteiger partial charge in [0.25, 0.3) is 0 Å². The van der Waals surface area contributed by atoms with Crippen LogP contribution < -0.4 is 0 Å². The summed E-state index contributed by atoms with van der Waals surface area (Å²) in [7, 11) is 0. The smallest absolute Gasteiger partial charge is 0.215 e. The molecule has 1 saturated heterocycles. The second-order valence-corrected chi connectivity index (χ2v) is 1.65. The van der Waals surface area contributed by atoms with Crippen LogP contribution in [0.25, 0.3) is 0 Å². The molecule has 4 heteroatoms. The minimum absolute atomic E-state index is 0.187. The van der Waals surface area contributed by atoms with E-state index in [1.54, 1.807) is 0 Å². The predicted octanol–water partition coefficient (Wildman–Crippen LogP) is -0.874. The molecule has 0 amide bonds. The molecular formula is C5H6O4. The topological polar surface area (TPSA) is 52.6 Å². The van der Waals surface area contributed by atoms with Gasteiger partial charge < -0.3 is 14.3 Å². The van der Waals surface area contributed by atoms with Crippen molar-refractivity contribution in [2.24, 2.45) is 0 Å². The summed E-state index contributed by atoms with van der Waals surface area (Å²) >= 11 is 0. The Kier molecular flexibility index (Phi) is 1.92. The molecule has 0 N–H and O–H groups in total. The van der Waals surface area contributed by atoms with Crippen LogP contribution in [0.3, 0.4) is 0 Å². The molecular weight excluding hydrogens is 124 g/mol. The Balaban J connectivity index is 2.36. The molecule has 0 aromatic rings. The number of carbonyl (C=O) groups is 2. The molecule has 50 valence electrons. The van der Waals surface area contributed by atoms with E-state index < -0.39 is 12.4 Å². The Morgan fingerprint density at radius 2 is 2.11 bits per heavy atom. The second kappa shape index (κ2) is 2.70. The maximum Gasteiger partial charge on any atom is 0.215 e. The summed E-state index contributed by atoms with van der Waals surface area (Å²) in [4.78, 5) is 19.9. The molecule has 1 heterocycles. The minimum Gasteiger partial charge on any atom is -0.343 e. The van der Waals surface area contributed by atoms with Gasteiger partial charge in [-0.05, 0) is 0 Å². The first-order valence-corrected chi connectivity index (χ1v) is 2.54. The van der Waals surface area contributed by atoms with Gasteiger partial charge in [0.2, 0.25) is 6.29 Å². The van der Waals surface area contributed by atoms with Crippen LogP contribution in [0.1, 0.15) is 0 Å². The van der Waals surface area contributed by atoms with Crippen molar-refractivity contribution in [1.29, 1.82) is 0 Å². The van der Waals surface area contributed by atoms with Crippen LogP contribution in [0.2, 0.25) is 0 Å². The third kappa shape index (κ3) is 1.34.